The molecule has 2 aromatic rings. The molecule has 0 unspecified atom stereocenters. The van der Waals surface area contributed by atoms with E-state index >= 15 is 0 Å². The lowest BCUT2D eigenvalue weighted by atomic mass is 9.94. The van der Waals surface area contributed by atoms with E-state index in [1.807, 2.05) is 31.2 Å². The summed E-state index contributed by atoms with van der Waals surface area (Å²) in [6.07, 6.45) is 2.51. The first-order chi connectivity index (χ1) is 13.9. The first-order valence-electron chi connectivity index (χ1n) is 10.0. The highest BCUT2D eigenvalue weighted by Crippen LogP contribution is 2.46. The van der Waals surface area contributed by atoms with Crippen molar-refractivity contribution in [2.24, 2.45) is 5.92 Å². The molecule has 0 bridgehead atoms. The van der Waals surface area contributed by atoms with Gasteiger partial charge in [-0.1, -0.05) is 17.7 Å². The van der Waals surface area contributed by atoms with Gasteiger partial charge in [0, 0.05) is 30.6 Å². The highest BCUT2D eigenvalue weighted by atomic mass is 19.1. The van der Waals surface area contributed by atoms with Crippen molar-refractivity contribution in [3.8, 4) is 0 Å². The van der Waals surface area contributed by atoms with E-state index in [4.69, 9.17) is 0 Å². The standard InChI is InChI=1S/C23H24F2N2O2/c1-15-2-4-17(5-3-15)22(29)27-10-6-16(7-11-27)21(28)26-23(8-9-23)18-12-19(24)14-20(25)13-18/h2-5,12-14,16H,6-11H2,1H3,(H,26,28). The Morgan fingerprint density at radius 2 is 1.59 bits per heavy atom. The van der Waals surface area contributed by atoms with Crippen LogP contribution < -0.4 is 5.32 Å². The summed E-state index contributed by atoms with van der Waals surface area (Å²) < 4.78 is 27.1. The summed E-state index contributed by atoms with van der Waals surface area (Å²) in [5.41, 5.74) is 1.58. The van der Waals surface area contributed by atoms with Gasteiger partial charge in [-0.25, -0.2) is 8.78 Å². The van der Waals surface area contributed by atoms with Crippen LogP contribution in [0.2, 0.25) is 0 Å². The lowest BCUT2D eigenvalue weighted by Crippen LogP contribution is -2.45. The van der Waals surface area contributed by atoms with Gasteiger partial charge in [0.15, 0.2) is 0 Å². The Morgan fingerprint density at radius 3 is 2.14 bits per heavy atom. The average molecular weight is 398 g/mol. The molecule has 0 spiro atoms. The molecule has 1 aliphatic heterocycles. The maximum atomic E-state index is 13.6. The van der Waals surface area contributed by atoms with Gasteiger partial charge in [0.2, 0.25) is 5.91 Å². The highest BCUT2D eigenvalue weighted by Gasteiger charge is 2.47. The molecule has 1 N–H and O–H groups in total. The van der Waals surface area contributed by atoms with Gasteiger partial charge in [-0.2, -0.15) is 0 Å². The number of carbonyl (C=O) groups excluding carboxylic acids is 2. The Balaban J connectivity index is 1.36. The van der Waals surface area contributed by atoms with E-state index in [9.17, 15) is 18.4 Å². The third kappa shape index (κ3) is 4.16. The van der Waals surface area contributed by atoms with E-state index in [-0.39, 0.29) is 17.7 Å². The topological polar surface area (TPSA) is 49.4 Å². The molecule has 4 rings (SSSR count). The summed E-state index contributed by atoms with van der Waals surface area (Å²) in [6, 6.07) is 10.9. The molecule has 1 saturated heterocycles. The van der Waals surface area contributed by atoms with Gasteiger partial charge in [-0.05, 0) is 62.4 Å². The van der Waals surface area contributed by atoms with Crippen LogP contribution in [0.15, 0.2) is 42.5 Å². The second-order valence-electron chi connectivity index (χ2n) is 8.16. The van der Waals surface area contributed by atoms with Gasteiger partial charge in [0.1, 0.15) is 11.6 Å². The molecule has 1 saturated carbocycles. The largest absolute Gasteiger partial charge is 0.346 e. The van der Waals surface area contributed by atoms with Gasteiger partial charge in [0.25, 0.3) is 5.91 Å². The SMILES string of the molecule is Cc1ccc(C(=O)N2CCC(C(=O)NC3(c4cc(F)cc(F)c4)CC3)CC2)cc1. The minimum Gasteiger partial charge on any atom is -0.346 e. The summed E-state index contributed by atoms with van der Waals surface area (Å²) in [4.78, 5) is 27.2. The number of likely N-dealkylation sites (tertiary alicyclic amines) is 1. The van der Waals surface area contributed by atoms with E-state index < -0.39 is 17.2 Å². The van der Waals surface area contributed by atoms with Crippen molar-refractivity contribution in [3.63, 3.8) is 0 Å². The Morgan fingerprint density at radius 1 is 1.00 bits per heavy atom. The van der Waals surface area contributed by atoms with Crippen molar-refractivity contribution in [3.05, 3.63) is 70.8 Å². The molecule has 1 aliphatic carbocycles. The fourth-order valence-corrected chi connectivity index (χ4v) is 4.00. The van der Waals surface area contributed by atoms with Crippen LogP contribution in [0, 0.1) is 24.5 Å². The van der Waals surface area contributed by atoms with Crippen LogP contribution in [0.5, 0.6) is 0 Å². The van der Waals surface area contributed by atoms with Crippen molar-refractivity contribution < 1.29 is 18.4 Å². The fourth-order valence-electron chi connectivity index (χ4n) is 4.00. The number of carbonyl (C=O) groups is 2. The molecule has 2 amide bonds. The third-order valence-corrected chi connectivity index (χ3v) is 5.98. The first kappa shape index (κ1) is 19.6. The Hall–Kier alpha value is -2.76. The molecule has 0 atom stereocenters. The zero-order valence-electron chi connectivity index (χ0n) is 16.4. The van der Waals surface area contributed by atoms with Gasteiger partial charge in [-0.15, -0.1) is 0 Å². The van der Waals surface area contributed by atoms with Crippen LogP contribution in [0.3, 0.4) is 0 Å². The summed E-state index contributed by atoms with van der Waals surface area (Å²) in [6.45, 7) is 3.02. The highest BCUT2D eigenvalue weighted by molar-refractivity contribution is 5.94. The van der Waals surface area contributed by atoms with Crippen LogP contribution >= 0.6 is 0 Å². The molecule has 152 valence electrons. The van der Waals surface area contributed by atoms with E-state index in [1.165, 1.54) is 12.1 Å². The van der Waals surface area contributed by atoms with Crippen LogP contribution in [0.4, 0.5) is 8.78 Å². The van der Waals surface area contributed by atoms with E-state index in [0.717, 1.165) is 11.6 Å². The molecule has 2 fully saturated rings. The summed E-state index contributed by atoms with van der Waals surface area (Å²) in [5, 5.41) is 3.01. The minimum atomic E-state index is -0.658. The minimum absolute atomic E-state index is 0.0160. The summed E-state index contributed by atoms with van der Waals surface area (Å²) in [5.74, 6) is -1.59. The molecule has 2 aromatic carbocycles. The number of hydrogen-bond acceptors (Lipinski definition) is 2. The molecule has 0 radical (unpaired) electrons. The Kier molecular flexibility index (Phi) is 5.11. The lowest BCUT2D eigenvalue weighted by Gasteiger charge is -2.32. The molecule has 6 heteroatoms. The fraction of sp³-hybridized carbons (Fsp3) is 0.391. The van der Waals surface area contributed by atoms with Crippen molar-refractivity contribution in [1.82, 2.24) is 10.2 Å². The van der Waals surface area contributed by atoms with Crippen molar-refractivity contribution in [2.45, 2.75) is 38.1 Å². The number of aryl methyl sites for hydroxylation is 1. The average Bonchev–Trinajstić information content (AvgIpc) is 3.48. The second kappa shape index (κ2) is 7.58. The van der Waals surface area contributed by atoms with E-state index in [2.05, 4.69) is 5.32 Å². The van der Waals surface area contributed by atoms with Gasteiger partial charge in [0.05, 0.1) is 5.54 Å². The lowest BCUT2D eigenvalue weighted by molar-refractivity contribution is -0.127. The van der Waals surface area contributed by atoms with Crippen molar-refractivity contribution >= 4 is 11.8 Å². The predicted octanol–water partition coefficient (Wildman–Crippen LogP) is 3.93. The zero-order valence-corrected chi connectivity index (χ0v) is 16.4. The number of nitrogens with one attached hydrogen (secondary N) is 1. The number of amides is 2. The molecule has 29 heavy (non-hydrogen) atoms. The molecule has 2 aliphatic rings. The van der Waals surface area contributed by atoms with Crippen molar-refractivity contribution in [1.29, 1.82) is 0 Å². The van der Waals surface area contributed by atoms with Crippen LogP contribution in [-0.2, 0) is 10.3 Å². The van der Waals surface area contributed by atoms with E-state index in [1.54, 1.807) is 4.90 Å². The molecular formula is C23H24F2N2O2. The third-order valence-electron chi connectivity index (χ3n) is 5.98. The monoisotopic (exact) mass is 398 g/mol. The van der Waals surface area contributed by atoms with Crippen LogP contribution in [0.1, 0.15) is 47.2 Å². The molecule has 4 nitrogen and oxygen atoms in total. The first-order valence-corrected chi connectivity index (χ1v) is 10.0. The number of rotatable bonds is 4. The van der Waals surface area contributed by atoms with E-state index in [0.29, 0.717) is 49.9 Å². The Labute approximate surface area is 168 Å². The van der Waals surface area contributed by atoms with Gasteiger partial charge in [-0.3, -0.25) is 9.59 Å². The number of piperidine rings is 1. The number of hydrogen-bond donors (Lipinski definition) is 1. The number of nitrogens with zero attached hydrogens (tertiary/aromatic N) is 1. The van der Waals surface area contributed by atoms with Gasteiger partial charge < -0.3 is 10.2 Å². The molecular weight excluding hydrogens is 374 g/mol. The number of benzene rings is 2. The van der Waals surface area contributed by atoms with Crippen LogP contribution in [0.25, 0.3) is 0 Å². The van der Waals surface area contributed by atoms with Gasteiger partial charge >= 0.3 is 0 Å². The normalized spacial score (nSPS) is 18.4. The number of halogens is 2. The molecule has 1 heterocycles. The Bertz CT molecular complexity index is 910. The maximum absolute atomic E-state index is 13.6. The van der Waals surface area contributed by atoms with Crippen LogP contribution in [-0.4, -0.2) is 29.8 Å². The summed E-state index contributed by atoms with van der Waals surface area (Å²) >= 11 is 0. The smallest absolute Gasteiger partial charge is 0.253 e. The second-order valence-corrected chi connectivity index (χ2v) is 8.16. The zero-order chi connectivity index (χ0) is 20.6. The summed E-state index contributed by atoms with van der Waals surface area (Å²) in [7, 11) is 0. The predicted molar refractivity (Wildman–Crippen MR) is 105 cm³/mol. The quantitative estimate of drug-likeness (QED) is 0.848. The van der Waals surface area contributed by atoms with Crippen molar-refractivity contribution in [2.75, 3.05) is 13.1 Å². The molecule has 0 aromatic heterocycles. The maximum Gasteiger partial charge on any atom is 0.253 e.